The molecule has 1 aromatic heterocycles. The van der Waals surface area contributed by atoms with Crippen molar-refractivity contribution in [2.45, 2.75) is 0 Å². The van der Waals surface area contributed by atoms with Gasteiger partial charge in [-0.3, -0.25) is 14.4 Å². The molecule has 3 amide bonds. The van der Waals surface area contributed by atoms with Crippen molar-refractivity contribution in [2.75, 3.05) is 18.9 Å². The van der Waals surface area contributed by atoms with Crippen LogP contribution in [0.2, 0.25) is 5.02 Å². The molecule has 0 saturated heterocycles. The lowest BCUT2D eigenvalue weighted by molar-refractivity contribution is -0.143. The van der Waals surface area contributed by atoms with E-state index in [9.17, 15) is 14.4 Å². The van der Waals surface area contributed by atoms with Crippen molar-refractivity contribution in [3.05, 3.63) is 41.7 Å². The third-order valence-corrected chi connectivity index (χ3v) is 3.19. The number of nitrogens with one attached hydrogen (secondary N) is 1. The molecule has 0 aliphatic heterocycles. The molecule has 1 heterocycles. The van der Waals surface area contributed by atoms with Gasteiger partial charge in [0.05, 0.1) is 17.3 Å². The maximum absolute atomic E-state index is 11.8. The molecule has 9 heteroatoms. The standard InChI is InChI=1S/C14H14ClN5O3/c1-19(8-12(16)21)14(23)13(22)18-9-3-4-11(10(15)7-9)20-6-2-5-17-20/h2-7H,8H2,1H3,(H2,16,21)(H,18,22). The second-order valence-electron chi connectivity index (χ2n) is 4.70. The predicted molar refractivity (Wildman–Crippen MR) is 84.0 cm³/mol. The van der Waals surface area contributed by atoms with Gasteiger partial charge in [0.1, 0.15) is 0 Å². The number of nitrogens with two attached hydrogens (primary N) is 1. The molecule has 2 rings (SSSR count). The number of nitrogens with zero attached hydrogens (tertiary/aromatic N) is 3. The highest BCUT2D eigenvalue weighted by Gasteiger charge is 2.20. The minimum atomic E-state index is -0.892. The minimum Gasteiger partial charge on any atom is -0.368 e. The van der Waals surface area contributed by atoms with Crippen LogP contribution in [-0.4, -0.2) is 46.0 Å². The Morgan fingerprint density at radius 3 is 2.70 bits per heavy atom. The Labute approximate surface area is 136 Å². The number of likely N-dealkylation sites (N-methyl/N-ethyl adjacent to an activating group) is 1. The number of rotatable bonds is 4. The van der Waals surface area contributed by atoms with Crippen molar-refractivity contribution in [3.8, 4) is 5.69 Å². The van der Waals surface area contributed by atoms with Crippen LogP contribution in [0.4, 0.5) is 5.69 Å². The van der Waals surface area contributed by atoms with Crippen molar-refractivity contribution in [2.24, 2.45) is 5.73 Å². The Balaban J connectivity index is 2.08. The first kappa shape index (κ1) is 16.5. The van der Waals surface area contributed by atoms with Crippen molar-refractivity contribution in [1.82, 2.24) is 14.7 Å². The number of hydrogen-bond donors (Lipinski definition) is 2. The number of anilines is 1. The molecule has 0 aliphatic carbocycles. The van der Waals surface area contributed by atoms with Crippen LogP contribution in [-0.2, 0) is 14.4 Å². The number of primary amides is 1. The van der Waals surface area contributed by atoms with E-state index in [-0.39, 0.29) is 6.54 Å². The monoisotopic (exact) mass is 335 g/mol. The minimum absolute atomic E-state index is 0.342. The molecule has 8 nitrogen and oxygen atoms in total. The van der Waals surface area contributed by atoms with Crippen LogP contribution in [0, 0.1) is 0 Å². The molecule has 0 fully saturated rings. The third-order valence-electron chi connectivity index (χ3n) is 2.89. The van der Waals surface area contributed by atoms with Gasteiger partial charge in [0.15, 0.2) is 0 Å². The number of hydrogen-bond acceptors (Lipinski definition) is 4. The quantitative estimate of drug-likeness (QED) is 0.788. The molecule has 0 radical (unpaired) electrons. The normalized spacial score (nSPS) is 10.2. The smallest absolute Gasteiger partial charge is 0.313 e. The van der Waals surface area contributed by atoms with E-state index in [4.69, 9.17) is 17.3 Å². The highest BCUT2D eigenvalue weighted by atomic mass is 35.5. The number of halogens is 1. The third kappa shape index (κ3) is 4.07. The molecule has 1 aromatic carbocycles. The molecule has 23 heavy (non-hydrogen) atoms. The summed E-state index contributed by atoms with van der Waals surface area (Å²) in [5.41, 5.74) is 5.95. The van der Waals surface area contributed by atoms with Gasteiger partial charge >= 0.3 is 11.8 Å². The molecule has 0 saturated carbocycles. The number of aromatic nitrogens is 2. The summed E-state index contributed by atoms with van der Waals surface area (Å²) in [7, 11) is 1.31. The van der Waals surface area contributed by atoms with Crippen LogP contribution >= 0.6 is 11.6 Å². The fourth-order valence-corrected chi connectivity index (χ4v) is 2.11. The molecule has 3 N–H and O–H groups in total. The summed E-state index contributed by atoms with van der Waals surface area (Å²) in [4.78, 5) is 35.3. The zero-order valence-corrected chi connectivity index (χ0v) is 12.9. The summed E-state index contributed by atoms with van der Waals surface area (Å²) in [6, 6.07) is 6.49. The maximum Gasteiger partial charge on any atom is 0.313 e. The average molecular weight is 336 g/mol. The zero-order valence-electron chi connectivity index (χ0n) is 12.2. The highest BCUT2D eigenvalue weighted by molar-refractivity contribution is 6.40. The summed E-state index contributed by atoms with van der Waals surface area (Å²) in [6.07, 6.45) is 3.33. The van der Waals surface area contributed by atoms with E-state index in [1.807, 2.05) is 0 Å². The Hall–Kier alpha value is -2.87. The molecule has 0 unspecified atom stereocenters. The van der Waals surface area contributed by atoms with Crippen LogP contribution in [0.15, 0.2) is 36.7 Å². The lowest BCUT2D eigenvalue weighted by Crippen LogP contribution is -2.41. The Bertz CT molecular complexity index is 745. The van der Waals surface area contributed by atoms with Gasteiger partial charge in [-0.05, 0) is 24.3 Å². The number of amides is 3. The first-order valence-corrected chi connectivity index (χ1v) is 6.90. The van der Waals surface area contributed by atoms with Crippen LogP contribution in [0.3, 0.4) is 0 Å². The van der Waals surface area contributed by atoms with E-state index >= 15 is 0 Å². The van der Waals surface area contributed by atoms with E-state index in [1.54, 1.807) is 35.3 Å². The van der Waals surface area contributed by atoms with Crippen LogP contribution in [0.1, 0.15) is 0 Å². The Kier molecular flexibility index (Phi) is 4.97. The van der Waals surface area contributed by atoms with Gasteiger partial charge in [-0.2, -0.15) is 5.10 Å². The van der Waals surface area contributed by atoms with Gasteiger partial charge in [-0.25, -0.2) is 4.68 Å². The largest absolute Gasteiger partial charge is 0.368 e. The molecule has 0 bridgehead atoms. The van der Waals surface area contributed by atoms with Crippen molar-refractivity contribution >= 4 is 35.0 Å². The number of carbonyl (C=O) groups is 3. The number of carbonyl (C=O) groups excluding carboxylic acids is 3. The summed E-state index contributed by atoms with van der Waals surface area (Å²) >= 11 is 6.15. The Morgan fingerprint density at radius 2 is 2.13 bits per heavy atom. The molecule has 2 aromatic rings. The fraction of sp³-hybridized carbons (Fsp3) is 0.143. The topological polar surface area (TPSA) is 110 Å². The molecule has 0 atom stereocenters. The van der Waals surface area contributed by atoms with Crippen molar-refractivity contribution < 1.29 is 14.4 Å². The van der Waals surface area contributed by atoms with E-state index in [0.29, 0.717) is 16.4 Å². The summed E-state index contributed by atoms with van der Waals surface area (Å²) < 4.78 is 1.57. The van der Waals surface area contributed by atoms with Gasteiger partial charge in [-0.15, -0.1) is 0 Å². The average Bonchev–Trinajstić information content (AvgIpc) is 2.99. The van der Waals surface area contributed by atoms with E-state index in [1.165, 1.54) is 13.1 Å². The first-order chi connectivity index (χ1) is 10.9. The predicted octanol–water partition coefficient (Wildman–Crippen LogP) is 0.408. The Morgan fingerprint density at radius 1 is 1.39 bits per heavy atom. The molecule has 0 aliphatic rings. The summed E-state index contributed by atoms with van der Waals surface area (Å²) in [5, 5.41) is 6.82. The number of benzene rings is 1. The fourth-order valence-electron chi connectivity index (χ4n) is 1.85. The van der Waals surface area contributed by atoms with Gasteiger partial charge in [0.2, 0.25) is 5.91 Å². The van der Waals surface area contributed by atoms with Gasteiger partial charge in [0, 0.05) is 25.1 Å². The van der Waals surface area contributed by atoms with Crippen LogP contribution < -0.4 is 11.1 Å². The molecular weight excluding hydrogens is 322 g/mol. The zero-order chi connectivity index (χ0) is 17.0. The highest BCUT2D eigenvalue weighted by Crippen LogP contribution is 2.23. The maximum atomic E-state index is 11.8. The molecular formula is C14H14ClN5O3. The van der Waals surface area contributed by atoms with Gasteiger partial charge in [0.25, 0.3) is 0 Å². The first-order valence-electron chi connectivity index (χ1n) is 6.53. The SMILES string of the molecule is CN(CC(N)=O)C(=O)C(=O)Nc1ccc(-n2cccn2)c(Cl)c1. The van der Waals surface area contributed by atoms with Crippen molar-refractivity contribution in [1.29, 1.82) is 0 Å². The van der Waals surface area contributed by atoms with E-state index in [0.717, 1.165) is 4.90 Å². The molecule has 120 valence electrons. The van der Waals surface area contributed by atoms with Gasteiger partial charge in [-0.1, -0.05) is 11.6 Å². The van der Waals surface area contributed by atoms with Crippen molar-refractivity contribution in [3.63, 3.8) is 0 Å². The summed E-state index contributed by atoms with van der Waals surface area (Å²) in [6.45, 7) is -0.342. The van der Waals surface area contributed by atoms with Crippen LogP contribution in [0.5, 0.6) is 0 Å². The lowest BCUT2D eigenvalue weighted by Gasteiger charge is -2.14. The van der Waals surface area contributed by atoms with Gasteiger partial charge < -0.3 is 16.0 Å². The molecule has 0 spiro atoms. The van der Waals surface area contributed by atoms with Crippen LogP contribution in [0.25, 0.3) is 5.69 Å². The lowest BCUT2D eigenvalue weighted by atomic mass is 10.2. The van der Waals surface area contributed by atoms with E-state index < -0.39 is 17.7 Å². The second kappa shape index (κ2) is 6.93. The van der Waals surface area contributed by atoms with E-state index in [2.05, 4.69) is 10.4 Å². The second-order valence-corrected chi connectivity index (χ2v) is 5.11. The summed E-state index contributed by atoms with van der Waals surface area (Å²) in [5.74, 6) is -2.48.